The molecule has 0 aliphatic rings. The fraction of sp³-hybridized carbons (Fsp3) is 0.400. The lowest BCUT2D eigenvalue weighted by Gasteiger charge is -2.18. The Morgan fingerprint density at radius 3 is 2.76 bits per heavy atom. The molecule has 0 fully saturated rings. The van der Waals surface area contributed by atoms with Gasteiger partial charge in [0.15, 0.2) is 5.76 Å². The average molecular weight is 294 g/mol. The minimum absolute atomic E-state index is 0.287. The van der Waals surface area contributed by atoms with Crippen molar-refractivity contribution in [2.45, 2.75) is 12.6 Å². The number of hydrogen-bond acceptors (Lipinski definition) is 5. The molecule has 0 amide bonds. The maximum Gasteiger partial charge on any atom is 0.209 e. The lowest BCUT2D eigenvalue weighted by Crippen LogP contribution is -2.31. The zero-order valence-electron chi connectivity index (χ0n) is 12.1. The van der Waals surface area contributed by atoms with Crippen molar-refractivity contribution in [3.63, 3.8) is 0 Å². The van der Waals surface area contributed by atoms with E-state index in [0.717, 1.165) is 5.56 Å². The van der Waals surface area contributed by atoms with Crippen LogP contribution in [0, 0.1) is 5.82 Å². The second kappa shape index (κ2) is 7.31. The summed E-state index contributed by atoms with van der Waals surface area (Å²) in [7, 11) is 3.41. The predicted octanol–water partition coefficient (Wildman–Crippen LogP) is 1.92. The molecule has 0 aliphatic carbocycles. The van der Waals surface area contributed by atoms with Crippen molar-refractivity contribution in [1.82, 2.24) is 9.88 Å². The van der Waals surface area contributed by atoms with Crippen LogP contribution >= 0.6 is 0 Å². The zero-order valence-corrected chi connectivity index (χ0v) is 12.1. The highest BCUT2D eigenvalue weighted by Crippen LogP contribution is 2.21. The van der Waals surface area contributed by atoms with Crippen LogP contribution in [0.5, 0.6) is 0 Å². The van der Waals surface area contributed by atoms with E-state index in [4.69, 9.17) is 9.15 Å². The van der Waals surface area contributed by atoms with Gasteiger partial charge in [0, 0.05) is 19.2 Å². The number of benzene rings is 1. The third-order valence-corrected chi connectivity index (χ3v) is 2.97. The van der Waals surface area contributed by atoms with Crippen LogP contribution in [0.1, 0.15) is 5.89 Å². The lowest BCUT2D eigenvalue weighted by molar-refractivity contribution is 0.0404. The van der Waals surface area contributed by atoms with Crippen LogP contribution in [0.4, 0.5) is 4.39 Å². The van der Waals surface area contributed by atoms with E-state index in [1.54, 1.807) is 25.4 Å². The maximum atomic E-state index is 12.9. The van der Waals surface area contributed by atoms with Gasteiger partial charge in [-0.25, -0.2) is 9.37 Å². The summed E-state index contributed by atoms with van der Waals surface area (Å²) < 4.78 is 23.4. The first-order valence-corrected chi connectivity index (χ1v) is 6.64. The van der Waals surface area contributed by atoms with Crippen LogP contribution in [0.25, 0.3) is 11.3 Å². The normalized spacial score (nSPS) is 12.8. The average Bonchev–Trinajstić information content (AvgIpc) is 2.88. The van der Waals surface area contributed by atoms with Gasteiger partial charge in [-0.2, -0.15) is 0 Å². The van der Waals surface area contributed by atoms with Crippen molar-refractivity contribution in [3.8, 4) is 11.3 Å². The first kappa shape index (κ1) is 15.6. The minimum Gasteiger partial charge on any atom is -0.439 e. The van der Waals surface area contributed by atoms with Crippen molar-refractivity contribution in [2.24, 2.45) is 0 Å². The largest absolute Gasteiger partial charge is 0.439 e. The highest BCUT2D eigenvalue weighted by Gasteiger charge is 2.12. The van der Waals surface area contributed by atoms with Crippen molar-refractivity contribution >= 4 is 0 Å². The van der Waals surface area contributed by atoms with Gasteiger partial charge in [-0.15, -0.1) is 0 Å². The Morgan fingerprint density at radius 1 is 1.38 bits per heavy atom. The first-order valence-electron chi connectivity index (χ1n) is 6.64. The molecule has 0 saturated heterocycles. The van der Waals surface area contributed by atoms with Crippen molar-refractivity contribution in [3.05, 3.63) is 42.2 Å². The van der Waals surface area contributed by atoms with Crippen LogP contribution in [-0.4, -0.2) is 48.4 Å². The SMILES string of the molecule is COCC(O)CN(C)Cc1ncc(-c2ccc(F)cc2)o1. The van der Waals surface area contributed by atoms with E-state index in [9.17, 15) is 9.50 Å². The molecule has 1 atom stereocenters. The van der Waals surface area contributed by atoms with Gasteiger partial charge in [-0.3, -0.25) is 4.90 Å². The number of likely N-dealkylation sites (N-methyl/N-ethyl adjacent to an activating group) is 1. The Kier molecular flexibility index (Phi) is 5.44. The van der Waals surface area contributed by atoms with Gasteiger partial charge >= 0.3 is 0 Å². The van der Waals surface area contributed by atoms with E-state index in [-0.39, 0.29) is 12.4 Å². The molecule has 2 aromatic rings. The molecule has 0 aliphatic heterocycles. The highest BCUT2D eigenvalue weighted by atomic mass is 19.1. The zero-order chi connectivity index (χ0) is 15.2. The van der Waals surface area contributed by atoms with Gasteiger partial charge in [0.05, 0.1) is 25.5 Å². The molecule has 1 aromatic carbocycles. The molecule has 114 valence electrons. The van der Waals surface area contributed by atoms with Crippen LogP contribution in [-0.2, 0) is 11.3 Å². The van der Waals surface area contributed by atoms with Gasteiger partial charge in [-0.05, 0) is 31.3 Å². The number of hydrogen-bond donors (Lipinski definition) is 1. The Labute approximate surface area is 123 Å². The van der Waals surface area contributed by atoms with E-state index in [1.807, 2.05) is 11.9 Å². The highest BCUT2D eigenvalue weighted by molar-refractivity contribution is 5.55. The number of ether oxygens (including phenoxy) is 1. The number of rotatable bonds is 7. The minimum atomic E-state index is -0.550. The number of nitrogens with zero attached hydrogens (tertiary/aromatic N) is 2. The standard InChI is InChI=1S/C15H19FN2O3/c1-18(8-13(19)10-20-2)9-15-17-7-14(21-15)11-3-5-12(16)6-4-11/h3-7,13,19H,8-10H2,1-2H3. The Bertz CT molecular complexity index is 556. The van der Waals surface area contributed by atoms with E-state index in [0.29, 0.717) is 24.7 Å². The van der Waals surface area contributed by atoms with E-state index in [2.05, 4.69) is 4.98 Å². The second-order valence-electron chi connectivity index (χ2n) is 4.93. The molecule has 21 heavy (non-hydrogen) atoms. The van der Waals surface area contributed by atoms with Gasteiger partial charge in [0.1, 0.15) is 5.82 Å². The molecule has 1 unspecified atom stereocenters. The molecular formula is C15H19FN2O3. The fourth-order valence-corrected chi connectivity index (χ4v) is 2.03. The van der Waals surface area contributed by atoms with Crippen molar-refractivity contribution < 1.29 is 18.7 Å². The van der Waals surface area contributed by atoms with Gasteiger partial charge in [0.25, 0.3) is 0 Å². The molecular weight excluding hydrogens is 275 g/mol. The van der Waals surface area contributed by atoms with Crippen molar-refractivity contribution in [1.29, 1.82) is 0 Å². The molecule has 0 bridgehead atoms. The monoisotopic (exact) mass is 294 g/mol. The maximum absolute atomic E-state index is 12.9. The van der Waals surface area contributed by atoms with E-state index < -0.39 is 6.10 Å². The molecule has 5 nitrogen and oxygen atoms in total. The van der Waals surface area contributed by atoms with Crippen LogP contribution < -0.4 is 0 Å². The quantitative estimate of drug-likeness (QED) is 0.845. The summed E-state index contributed by atoms with van der Waals surface area (Å²) in [6.45, 7) is 1.22. The molecule has 1 N–H and O–H groups in total. The lowest BCUT2D eigenvalue weighted by atomic mass is 10.2. The third-order valence-electron chi connectivity index (χ3n) is 2.97. The summed E-state index contributed by atoms with van der Waals surface area (Å²) in [6, 6.07) is 6.05. The molecule has 1 heterocycles. The number of aliphatic hydroxyl groups is 1. The molecule has 6 heteroatoms. The van der Waals surface area contributed by atoms with Crippen LogP contribution in [0.15, 0.2) is 34.9 Å². The van der Waals surface area contributed by atoms with Gasteiger partial charge < -0.3 is 14.3 Å². The van der Waals surface area contributed by atoms with Crippen LogP contribution in [0.2, 0.25) is 0 Å². The number of methoxy groups -OCH3 is 1. The van der Waals surface area contributed by atoms with Gasteiger partial charge in [0.2, 0.25) is 5.89 Å². The number of aliphatic hydroxyl groups excluding tert-OH is 1. The third kappa shape index (κ3) is 4.63. The van der Waals surface area contributed by atoms with Gasteiger partial charge in [-0.1, -0.05) is 0 Å². The Hall–Kier alpha value is -1.76. The van der Waals surface area contributed by atoms with Crippen LogP contribution in [0.3, 0.4) is 0 Å². The summed E-state index contributed by atoms with van der Waals surface area (Å²) in [5.41, 5.74) is 0.775. The van der Waals surface area contributed by atoms with E-state index in [1.165, 1.54) is 12.1 Å². The second-order valence-corrected chi connectivity index (χ2v) is 4.93. The Morgan fingerprint density at radius 2 is 2.10 bits per heavy atom. The smallest absolute Gasteiger partial charge is 0.209 e. The summed E-state index contributed by atoms with van der Waals surface area (Å²) >= 11 is 0. The molecule has 2 rings (SSSR count). The fourth-order valence-electron chi connectivity index (χ4n) is 2.03. The molecule has 0 spiro atoms. The number of halogens is 1. The summed E-state index contributed by atoms with van der Waals surface area (Å²) in [4.78, 5) is 6.09. The molecule has 0 radical (unpaired) electrons. The van der Waals surface area contributed by atoms with Crippen molar-refractivity contribution in [2.75, 3.05) is 27.3 Å². The Balaban J connectivity index is 1.95. The van der Waals surface area contributed by atoms with E-state index >= 15 is 0 Å². The molecule has 1 aromatic heterocycles. The first-order chi connectivity index (χ1) is 10.1. The molecule has 0 saturated carbocycles. The summed E-state index contributed by atoms with van der Waals surface area (Å²) in [5.74, 6) is 0.850. The summed E-state index contributed by atoms with van der Waals surface area (Å²) in [5, 5.41) is 9.65. The topological polar surface area (TPSA) is 58.7 Å². The summed E-state index contributed by atoms with van der Waals surface area (Å²) in [6.07, 6.45) is 1.06. The number of aromatic nitrogens is 1. The number of oxazole rings is 1. The predicted molar refractivity (Wildman–Crippen MR) is 76.1 cm³/mol.